The molecule has 0 N–H and O–H groups in total. The predicted octanol–water partition coefficient (Wildman–Crippen LogP) is 12.6. The molecule has 0 fully saturated rings. The fourth-order valence-electron chi connectivity index (χ4n) is 7.50. The molecule has 0 aliphatic carbocycles. The molecule has 3 heterocycles. The Balaban J connectivity index is 0.00000497. The second-order valence-corrected chi connectivity index (χ2v) is 16.1. The molecule has 0 unspecified atom stereocenters. The number of ether oxygens (including phenoxy) is 1. The van der Waals surface area contributed by atoms with Crippen molar-refractivity contribution in [2.75, 3.05) is 0 Å². The average molecular weight is 807 g/mol. The van der Waals surface area contributed by atoms with E-state index < -0.39 is 0 Å². The number of para-hydroxylation sites is 1. The molecule has 7 rings (SSSR count). The molecule has 0 spiro atoms. The largest absolute Gasteiger partial charge is 2.00 e. The van der Waals surface area contributed by atoms with Gasteiger partial charge in [0.1, 0.15) is 5.82 Å². The van der Waals surface area contributed by atoms with Gasteiger partial charge in [0, 0.05) is 34.5 Å². The maximum Gasteiger partial charge on any atom is 2.00 e. The molecule has 0 atom stereocenters. The quantitative estimate of drug-likeness (QED) is 0.0966. The van der Waals surface area contributed by atoms with Crippen LogP contribution in [0.3, 0.4) is 0 Å². The summed E-state index contributed by atoms with van der Waals surface area (Å²) in [5, 5.41) is 7.51. The Morgan fingerprint density at radius 2 is 1.56 bits per heavy atom. The number of aryl methyl sites for hydroxylation is 4. The van der Waals surface area contributed by atoms with Gasteiger partial charge in [0.2, 0.25) is 0 Å². The summed E-state index contributed by atoms with van der Waals surface area (Å²) >= 11 is 0. The molecule has 3 aromatic heterocycles. The van der Waals surface area contributed by atoms with E-state index in [0.29, 0.717) is 17.4 Å². The summed E-state index contributed by atoms with van der Waals surface area (Å²) in [6, 6.07) is 35.2. The van der Waals surface area contributed by atoms with Gasteiger partial charge < -0.3 is 9.30 Å². The van der Waals surface area contributed by atoms with Crippen LogP contribution in [0.2, 0.25) is 0 Å². The minimum atomic E-state index is -0.133. The van der Waals surface area contributed by atoms with Crippen LogP contribution >= 0.6 is 0 Å². The molecule has 5 nitrogen and oxygen atoms in total. The Bertz CT molecular complexity index is 2410. The van der Waals surface area contributed by atoms with Crippen molar-refractivity contribution >= 4 is 21.8 Å². The van der Waals surface area contributed by atoms with Crippen molar-refractivity contribution < 1.29 is 25.2 Å². The molecule has 54 heavy (non-hydrogen) atoms. The monoisotopic (exact) mass is 806 g/mol. The summed E-state index contributed by atoms with van der Waals surface area (Å²) in [7, 11) is 0. The van der Waals surface area contributed by atoms with Gasteiger partial charge in [0.15, 0.2) is 0 Å². The Morgan fingerprint density at radius 3 is 2.28 bits per heavy atom. The van der Waals surface area contributed by atoms with Crippen LogP contribution in [-0.4, -0.2) is 19.3 Å². The molecule has 280 valence electrons. The van der Waals surface area contributed by atoms with Crippen LogP contribution in [-0.2, 0) is 38.7 Å². The molecular weight excluding hydrogens is 755 g/mol. The minimum Gasteiger partial charge on any atom is -0.509 e. The number of hydrogen-bond donors (Lipinski definition) is 0. The summed E-state index contributed by atoms with van der Waals surface area (Å²) in [5.74, 6) is 2.72. The summed E-state index contributed by atoms with van der Waals surface area (Å²) in [4.78, 5) is 4.85. The molecule has 0 saturated carbocycles. The van der Waals surface area contributed by atoms with Crippen LogP contribution in [0.1, 0.15) is 94.4 Å². The van der Waals surface area contributed by atoms with E-state index in [9.17, 15) is 0 Å². The number of nitrogens with zero attached hydrogens (tertiary/aromatic N) is 4. The van der Waals surface area contributed by atoms with Gasteiger partial charge in [-0.1, -0.05) is 89.9 Å². The Hall–Kier alpha value is -4.50. The first-order valence-electron chi connectivity index (χ1n) is 19.2. The van der Waals surface area contributed by atoms with E-state index in [1.54, 1.807) is 0 Å². The molecule has 0 radical (unpaired) electrons. The molecule has 7 aromatic rings. The van der Waals surface area contributed by atoms with Crippen LogP contribution in [0.25, 0.3) is 44.4 Å². The first-order valence-corrected chi connectivity index (χ1v) is 19.2. The van der Waals surface area contributed by atoms with Crippen molar-refractivity contribution in [2.45, 2.75) is 99.8 Å². The van der Waals surface area contributed by atoms with Crippen LogP contribution in [0.4, 0.5) is 0 Å². The molecule has 0 aliphatic heterocycles. The maximum atomic E-state index is 6.76. The van der Waals surface area contributed by atoms with Gasteiger partial charge in [0.05, 0.1) is 5.69 Å². The van der Waals surface area contributed by atoms with Gasteiger partial charge in [-0.05, 0) is 109 Å². The first kappa shape index (κ1) is 39.2. The van der Waals surface area contributed by atoms with Gasteiger partial charge in [-0.25, -0.2) is 4.98 Å². The van der Waals surface area contributed by atoms with Crippen molar-refractivity contribution in [2.24, 2.45) is 5.92 Å². The number of pyridine rings is 1. The van der Waals surface area contributed by atoms with Crippen molar-refractivity contribution in [1.82, 2.24) is 19.3 Å². The van der Waals surface area contributed by atoms with Crippen molar-refractivity contribution in [1.29, 1.82) is 0 Å². The zero-order chi connectivity index (χ0) is 37.4. The average Bonchev–Trinajstić information content (AvgIpc) is 3.63. The van der Waals surface area contributed by atoms with Crippen molar-refractivity contribution in [3.63, 3.8) is 0 Å². The summed E-state index contributed by atoms with van der Waals surface area (Å²) < 4.78 is 11.1. The first-order chi connectivity index (χ1) is 25.4. The van der Waals surface area contributed by atoms with E-state index in [1.807, 2.05) is 12.3 Å². The fourth-order valence-corrected chi connectivity index (χ4v) is 7.50. The third-order valence-electron chi connectivity index (χ3n) is 10.4. The molecule has 4 aromatic carbocycles. The number of benzene rings is 4. The number of hydrogen-bond acceptors (Lipinski definition) is 3. The standard InChI is InChI=1S/C48H52N4O.Pd/c1-10-11-17-35-24-25-49-45(26-35)51-42-19-13-12-18-40(42)41-22-21-38(30-44(41)51)53-39-28-36(48(7,8)9)27-37(29-39)52-43(23-20-31(2)3)47(34(6)50-52)46-32(4)15-14-16-33(46)5;/h12-16,18-19,21-22,24-28,31H,10-11,17,20,23H2,1-9H3;/q-2;+2. The van der Waals surface area contributed by atoms with E-state index in [4.69, 9.17) is 14.8 Å². The van der Waals surface area contributed by atoms with E-state index in [2.05, 4.69) is 156 Å². The van der Waals surface area contributed by atoms with Gasteiger partial charge in [-0.15, -0.1) is 41.3 Å². The van der Waals surface area contributed by atoms with Crippen LogP contribution in [0, 0.1) is 38.8 Å². The van der Waals surface area contributed by atoms with E-state index >= 15 is 0 Å². The smallest absolute Gasteiger partial charge is 0.509 e. The Kier molecular flexibility index (Phi) is 11.7. The van der Waals surface area contributed by atoms with Crippen LogP contribution in [0.15, 0.2) is 85.1 Å². The van der Waals surface area contributed by atoms with Gasteiger partial charge in [-0.3, -0.25) is 4.68 Å². The predicted molar refractivity (Wildman–Crippen MR) is 220 cm³/mol. The Labute approximate surface area is 335 Å². The van der Waals surface area contributed by atoms with Crippen LogP contribution < -0.4 is 4.74 Å². The van der Waals surface area contributed by atoms with E-state index in [-0.39, 0.29) is 25.8 Å². The summed E-state index contributed by atoms with van der Waals surface area (Å²) in [6.07, 6.45) is 7.23. The molecular formula is C48H52N4OPd. The molecule has 0 aliphatic rings. The fraction of sp³-hybridized carbons (Fsp3) is 0.333. The number of unbranched alkanes of at least 4 members (excludes halogenated alkanes) is 1. The zero-order valence-electron chi connectivity index (χ0n) is 33.2. The maximum absolute atomic E-state index is 6.76. The van der Waals surface area contributed by atoms with Crippen molar-refractivity contribution in [3.8, 4) is 34.1 Å². The number of rotatable bonds is 11. The normalized spacial score (nSPS) is 11.8. The zero-order valence-corrected chi connectivity index (χ0v) is 34.8. The van der Waals surface area contributed by atoms with Crippen molar-refractivity contribution in [3.05, 3.63) is 131 Å². The van der Waals surface area contributed by atoms with Crippen LogP contribution in [0.5, 0.6) is 11.5 Å². The molecule has 6 heteroatoms. The number of aromatic nitrogens is 4. The summed E-state index contributed by atoms with van der Waals surface area (Å²) in [6.45, 7) is 20.1. The summed E-state index contributed by atoms with van der Waals surface area (Å²) in [5.41, 5.74) is 12.5. The van der Waals surface area contributed by atoms with E-state index in [0.717, 1.165) is 76.7 Å². The van der Waals surface area contributed by atoms with Gasteiger partial charge in [0.25, 0.3) is 0 Å². The second kappa shape index (κ2) is 16.1. The number of fused-ring (bicyclic) bond motifs is 3. The third-order valence-corrected chi connectivity index (χ3v) is 10.4. The minimum absolute atomic E-state index is 0. The van der Waals surface area contributed by atoms with E-state index in [1.165, 1.54) is 33.5 Å². The second-order valence-electron chi connectivity index (χ2n) is 16.1. The van der Waals surface area contributed by atoms with Gasteiger partial charge >= 0.3 is 20.4 Å². The third kappa shape index (κ3) is 7.83. The molecule has 0 saturated heterocycles. The Morgan fingerprint density at radius 1 is 0.796 bits per heavy atom. The molecule has 0 bridgehead atoms. The molecule has 0 amide bonds. The topological polar surface area (TPSA) is 44.9 Å². The van der Waals surface area contributed by atoms with Gasteiger partial charge in [-0.2, -0.15) is 11.2 Å². The SMILES string of the molecule is CCCCc1ccnc(-n2c3[c-]c(Oc4[c-]c(-n5nc(C)c(-c6c(C)cccc6C)c5CCC(C)C)cc(C(C)(C)C)c4)ccc3c3ccccc32)c1.[Pd+2].